The molecule has 1 aliphatic heterocycles. The van der Waals surface area contributed by atoms with Crippen molar-refractivity contribution in [2.45, 2.75) is 109 Å². The van der Waals surface area contributed by atoms with Crippen LogP contribution in [-0.2, 0) is 34.1 Å². The molecule has 5 atom stereocenters. The van der Waals surface area contributed by atoms with E-state index in [-0.39, 0.29) is 23.9 Å². The summed E-state index contributed by atoms with van der Waals surface area (Å²) in [7, 11) is 0. The summed E-state index contributed by atoms with van der Waals surface area (Å²) < 4.78 is 24.1. The average molecular weight is 615 g/mol. The number of nitrogens with zero attached hydrogens (tertiary/aromatic N) is 4. The molecule has 1 aliphatic carbocycles. The number of anilines is 1. The number of nitriles is 1. The molecule has 4 N–H and O–H groups in total. The largest absolute Gasteiger partial charge is 0.463 e. The van der Waals surface area contributed by atoms with Crippen LogP contribution in [0.1, 0.15) is 78.8 Å². The molecule has 14 heteroatoms. The maximum atomic E-state index is 13.5. The topological polar surface area (TPSA) is 200 Å². The fourth-order valence-corrected chi connectivity index (χ4v) is 5.68. The van der Waals surface area contributed by atoms with E-state index in [1.807, 2.05) is 6.07 Å². The van der Waals surface area contributed by atoms with Crippen LogP contribution < -0.4 is 11.1 Å². The van der Waals surface area contributed by atoms with E-state index in [1.54, 1.807) is 40.7 Å². The third-order valence-electron chi connectivity index (χ3n) is 7.89. The Balaban J connectivity index is 1.60. The number of aliphatic hydroxyl groups excluding tert-OH is 1. The molecule has 0 spiro atoms. The number of esters is 2. The molecule has 240 valence electrons. The zero-order valence-electron chi connectivity index (χ0n) is 25.8. The number of hydrogen-bond donors (Lipinski definition) is 3. The third-order valence-corrected chi connectivity index (χ3v) is 7.89. The Kier molecular flexibility index (Phi) is 10.00. The van der Waals surface area contributed by atoms with Gasteiger partial charge in [0.25, 0.3) is 0 Å². The lowest BCUT2D eigenvalue weighted by atomic mass is 9.87. The molecule has 2 aromatic heterocycles. The van der Waals surface area contributed by atoms with Crippen molar-refractivity contribution in [1.29, 1.82) is 5.26 Å². The Bertz CT molecular complexity index is 1390. The first kappa shape index (κ1) is 32.9. The van der Waals surface area contributed by atoms with Crippen LogP contribution in [0.25, 0.3) is 5.52 Å². The quantitative estimate of drug-likeness (QED) is 0.276. The number of carbonyl (C=O) groups is 3. The number of amides is 1. The van der Waals surface area contributed by atoms with E-state index in [9.17, 15) is 24.8 Å². The second kappa shape index (κ2) is 13.4. The number of aliphatic hydroxyl groups is 1. The average Bonchev–Trinajstić information content (AvgIpc) is 3.50. The number of carbonyl (C=O) groups excluding carboxylic acids is 3. The van der Waals surface area contributed by atoms with Gasteiger partial charge in [0.15, 0.2) is 11.9 Å². The van der Waals surface area contributed by atoms with E-state index >= 15 is 0 Å². The lowest BCUT2D eigenvalue weighted by Crippen LogP contribution is -2.50. The molecule has 2 aromatic rings. The minimum Gasteiger partial charge on any atom is -0.463 e. The summed E-state index contributed by atoms with van der Waals surface area (Å²) in [5.41, 5.74) is 3.55. The molecule has 44 heavy (non-hydrogen) atoms. The van der Waals surface area contributed by atoms with Gasteiger partial charge in [0, 0.05) is 6.42 Å². The Labute approximate surface area is 256 Å². The zero-order chi connectivity index (χ0) is 32.2. The van der Waals surface area contributed by atoms with Gasteiger partial charge in [-0.2, -0.15) is 10.4 Å². The van der Waals surface area contributed by atoms with Crippen LogP contribution in [-0.4, -0.2) is 74.3 Å². The van der Waals surface area contributed by atoms with Gasteiger partial charge in [-0.25, -0.2) is 19.1 Å². The zero-order valence-corrected chi connectivity index (χ0v) is 25.8. The number of nitrogens with one attached hydrogen (secondary N) is 1. The molecule has 0 radical (unpaired) electrons. The van der Waals surface area contributed by atoms with Crippen molar-refractivity contribution in [2.75, 3.05) is 12.3 Å². The van der Waals surface area contributed by atoms with Crippen LogP contribution in [0.15, 0.2) is 18.5 Å². The summed E-state index contributed by atoms with van der Waals surface area (Å²) in [6.45, 7) is 8.07. The number of rotatable bonds is 9. The van der Waals surface area contributed by atoms with Gasteiger partial charge >= 0.3 is 18.0 Å². The van der Waals surface area contributed by atoms with Crippen molar-refractivity contribution in [3.05, 3.63) is 24.2 Å². The first-order chi connectivity index (χ1) is 20.8. The van der Waals surface area contributed by atoms with Crippen molar-refractivity contribution in [1.82, 2.24) is 19.9 Å². The molecular formula is C30H42N6O8. The fourth-order valence-electron chi connectivity index (χ4n) is 5.68. The van der Waals surface area contributed by atoms with Crippen molar-refractivity contribution in [3.8, 4) is 6.07 Å². The highest BCUT2D eigenvalue weighted by Crippen LogP contribution is 2.42. The Morgan fingerprint density at radius 3 is 2.59 bits per heavy atom. The van der Waals surface area contributed by atoms with Gasteiger partial charge in [0.2, 0.25) is 5.60 Å². The molecule has 1 amide bonds. The highest BCUT2D eigenvalue weighted by Gasteiger charge is 2.60. The van der Waals surface area contributed by atoms with E-state index in [0.29, 0.717) is 5.52 Å². The minimum atomic E-state index is -2.09. The summed E-state index contributed by atoms with van der Waals surface area (Å²) in [5, 5.41) is 28.8. The van der Waals surface area contributed by atoms with E-state index in [4.69, 9.17) is 24.7 Å². The second-order valence-electron chi connectivity index (χ2n) is 12.8. The first-order valence-corrected chi connectivity index (χ1v) is 15.0. The predicted molar refractivity (Wildman–Crippen MR) is 156 cm³/mol. The lowest BCUT2D eigenvalue weighted by Gasteiger charge is -2.28. The van der Waals surface area contributed by atoms with Gasteiger partial charge in [0.05, 0.1) is 5.69 Å². The monoisotopic (exact) mass is 614 g/mol. The summed E-state index contributed by atoms with van der Waals surface area (Å²) in [6, 6.07) is 3.93. The molecule has 1 saturated carbocycles. The SMILES string of the molecule is CC(C)[C@H](NC(=O)OC(C)(C)C)C(=O)O[C@H]1[C@@H](O)[C@](C#N)(c2ccc3c(N)ncnn23)O[C@@H]1COC(=O)CC1CCCCC1. The molecule has 4 rings (SSSR count). The molecule has 14 nitrogen and oxygen atoms in total. The number of hydrogen-bond acceptors (Lipinski definition) is 12. The van der Waals surface area contributed by atoms with Crippen molar-refractivity contribution in [3.63, 3.8) is 0 Å². The molecule has 0 aromatic carbocycles. The van der Waals surface area contributed by atoms with Crippen LogP contribution >= 0.6 is 0 Å². The molecule has 0 unspecified atom stereocenters. The smallest absolute Gasteiger partial charge is 0.408 e. The number of ether oxygens (including phenoxy) is 4. The van der Waals surface area contributed by atoms with Crippen LogP contribution in [0.4, 0.5) is 10.6 Å². The maximum absolute atomic E-state index is 13.5. The molecule has 3 heterocycles. The molecule has 0 bridgehead atoms. The molecular weight excluding hydrogens is 572 g/mol. The summed E-state index contributed by atoms with van der Waals surface area (Å²) in [4.78, 5) is 42.7. The van der Waals surface area contributed by atoms with Crippen LogP contribution in [0.3, 0.4) is 0 Å². The summed E-state index contributed by atoms with van der Waals surface area (Å²) in [5.74, 6) is -1.42. The summed E-state index contributed by atoms with van der Waals surface area (Å²) in [6.07, 6.45) is 1.31. The molecule has 1 saturated heterocycles. The highest BCUT2D eigenvalue weighted by molar-refractivity contribution is 5.82. The molecule has 2 fully saturated rings. The Morgan fingerprint density at radius 1 is 1.25 bits per heavy atom. The Hall–Kier alpha value is -3.96. The normalized spacial score (nSPS) is 24.9. The lowest BCUT2D eigenvalue weighted by molar-refractivity contribution is -0.163. The third kappa shape index (κ3) is 7.22. The maximum Gasteiger partial charge on any atom is 0.408 e. The van der Waals surface area contributed by atoms with Crippen LogP contribution in [0, 0.1) is 23.2 Å². The number of nitrogen functional groups attached to an aromatic ring is 1. The highest BCUT2D eigenvalue weighted by atomic mass is 16.6. The van der Waals surface area contributed by atoms with E-state index < -0.39 is 66.1 Å². The van der Waals surface area contributed by atoms with Gasteiger partial charge in [-0.15, -0.1) is 0 Å². The van der Waals surface area contributed by atoms with Crippen LogP contribution in [0.5, 0.6) is 0 Å². The van der Waals surface area contributed by atoms with E-state index in [0.717, 1.165) is 32.1 Å². The standard InChI is InChI=1S/C30H42N6O8/c1-17(2)23(35-28(40)44-29(3,4)5)27(39)42-24-20(14-41-22(37)13-18-9-7-6-8-10-18)43-30(15-31,25(24)38)21-12-11-19-26(32)33-16-34-36(19)21/h11-12,16-18,20,23-25,38H,6-10,13-14H2,1-5H3,(H,35,40)(H2,32,33,34)/t20-,23+,24-,25-,30+/m1/s1. The van der Waals surface area contributed by atoms with Crippen molar-refractivity contribution < 1.29 is 38.4 Å². The van der Waals surface area contributed by atoms with Crippen LogP contribution in [0.2, 0.25) is 0 Å². The van der Waals surface area contributed by atoms with E-state index in [1.165, 1.54) is 16.9 Å². The van der Waals surface area contributed by atoms with Gasteiger partial charge in [0.1, 0.15) is 48.4 Å². The molecule has 2 aliphatic rings. The van der Waals surface area contributed by atoms with Crippen molar-refractivity contribution in [2.24, 2.45) is 11.8 Å². The first-order valence-electron chi connectivity index (χ1n) is 15.0. The number of alkyl carbamates (subject to hydrolysis) is 1. The van der Waals surface area contributed by atoms with Gasteiger partial charge in [-0.1, -0.05) is 33.1 Å². The predicted octanol–water partition coefficient (Wildman–Crippen LogP) is 2.76. The van der Waals surface area contributed by atoms with Gasteiger partial charge in [-0.05, 0) is 57.6 Å². The summed E-state index contributed by atoms with van der Waals surface area (Å²) >= 11 is 0. The number of aromatic nitrogens is 3. The fraction of sp³-hybridized carbons (Fsp3) is 0.667. The number of nitrogens with two attached hydrogens (primary N) is 1. The second-order valence-corrected chi connectivity index (χ2v) is 12.8. The Morgan fingerprint density at radius 2 is 1.95 bits per heavy atom. The van der Waals surface area contributed by atoms with Gasteiger partial charge in [-0.3, -0.25) is 4.79 Å². The van der Waals surface area contributed by atoms with Crippen molar-refractivity contribution >= 4 is 29.4 Å². The van der Waals surface area contributed by atoms with Gasteiger partial charge < -0.3 is 35.1 Å². The van der Waals surface area contributed by atoms with E-state index in [2.05, 4.69) is 15.4 Å². The minimum absolute atomic E-state index is 0.112. The number of fused-ring (bicyclic) bond motifs is 1.